The number of piperazine rings is 1. The lowest BCUT2D eigenvalue weighted by molar-refractivity contribution is 0.116. The summed E-state index contributed by atoms with van der Waals surface area (Å²) in [4.78, 5) is 5.16. The monoisotopic (exact) mass is 213 g/mol. The molecule has 1 fully saturated rings. The number of hydrogen-bond donors (Lipinski definition) is 1. The summed E-state index contributed by atoms with van der Waals surface area (Å²) in [5.74, 6) is 0.799. The highest BCUT2D eigenvalue weighted by atomic mass is 15.3. The smallest absolute Gasteiger partial charge is 0.0163 e. The van der Waals surface area contributed by atoms with E-state index in [2.05, 4.69) is 35.9 Å². The second kappa shape index (κ2) is 6.46. The summed E-state index contributed by atoms with van der Waals surface area (Å²) in [5, 5.41) is 3.30. The predicted molar refractivity (Wildman–Crippen MR) is 66.2 cm³/mol. The van der Waals surface area contributed by atoms with Crippen LogP contribution in [0.4, 0.5) is 0 Å². The number of hydrogen-bond acceptors (Lipinski definition) is 3. The van der Waals surface area contributed by atoms with Gasteiger partial charge in [-0.2, -0.15) is 0 Å². The summed E-state index contributed by atoms with van der Waals surface area (Å²) in [6, 6.07) is 0.613. The average Bonchev–Trinajstić information content (AvgIpc) is 2.20. The summed E-state index contributed by atoms with van der Waals surface area (Å²) < 4.78 is 0. The molecule has 1 saturated heterocycles. The Morgan fingerprint density at radius 2 is 1.40 bits per heavy atom. The molecule has 1 aliphatic rings. The standard InChI is InChI=1S/C12H27N3/c1-11(2)9-14-5-7-15(8-6-14)10-12(3)13-4/h11-13H,5-10H2,1-4H3. The van der Waals surface area contributed by atoms with Gasteiger partial charge in [0.05, 0.1) is 0 Å². The Morgan fingerprint density at radius 1 is 0.933 bits per heavy atom. The molecule has 3 heteroatoms. The average molecular weight is 213 g/mol. The second-order valence-corrected chi connectivity index (χ2v) is 5.18. The van der Waals surface area contributed by atoms with Crippen LogP contribution in [0.15, 0.2) is 0 Å². The molecule has 15 heavy (non-hydrogen) atoms. The molecule has 1 rings (SSSR count). The van der Waals surface area contributed by atoms with Gasteiger partial charge >= 0.3 is 0 Å². The number of likely N-dealkylation sites (N-methyl/N-ethyl adjacent to an activating group) is 1. The lowest BCUT2D eigenvalue weighted by Gasteiger charge is -2.36. The van der Waals surface area contributed by atoms with Crippen LogP contribution in [0.1, 0.15) is 20.8 Å². The van der Waals surface area contributed by atoms with Crippen molar-refractivity contribution in [1.82, 2.24) is 15.1 Å². The predicted octanol–water partition coefficient (Wildman–Crippen LogP) is 0.868. The van der Waals surface area contributed by atoms with Crippen LogP contribution < -0.4 is 5.32 Å². The van der Waals surface area contributed by atoms with Crippen molar-refractivity contribution in [3.8, 4) is 0 Å². The van der Waals surface area contributed by atoms with Crippen molar-refractivity contribution in [2.24, 2.45) is 5.92 Å². The van der Waals surface area contributed by atoms with Gasteiger partial charge < -0.3 is 10.2 Å². The van der Waals surface area contributed by atoms with E-state index in [1.54, 1.807) is 0 Å². The van der Waals surface area contributed by atoms with E-state index in [1.807, 2.05) is 7.05 Å². The fraction of sp³-hybridized carbons (Fsp3) is 1.00. The normalized spacial score (nSPS) is 22.2. The summed E-state index contributed by atoms with van der Waals surface area (Å²) in [7, 11) is 2.04. The first-order valence-electron chi connectivity index (χ1n) is 6.23. The van der Waals surface area contributed by atoms with E-state index in [0.29, 0.717) is 6.04 Å². The van der Waals surface area contributed by atoms with E-state index < -0.39 is 0 Å². The Morgan fingerprint density at radius 3 is 1.80 bits per heavy atom. The lowest BCUT2D eigenvalue weighted by Crippen LogP contribution is -2.50. The highest BCUT2D eigenvalue weighted by Gasteiger charge is 2.18. The topological polar surface area (TPSA) is 18.5 Å². The minimum Gasteiger partial charge on any atom is -0.316 e. The van der Waals surface area contributed by atoms with Crippen molar-refractivity contribution in [2.75, 3.05) is 46.3 Å². The van der Waals surface area contributed by atoms with Gasteiger partial charge in [0.15, 0.2) is 0 Å². The molecule has 0 aromatic heterocycles. The Hall–Kier alpha value is -0.120. The molecule has 0 amide bonds. The molecule has 0 aliphatic carbocycles. The number of nitrogens with zero attached hydrogens (tertiary/aromatic N) is 2. The van der Waals surface area contributed by atoms with Crippen molar-refractivity contribution in [1.29, 1.82) is 0 Å². The van der Waals surface area contributed by atoms with Crippen LogP contribution in [0.25, 0.3) is 0 Å². The molecule has 0 aromatic rings. The fourth-order valence-corrected chi connectivity index (χ4v) is 2.15. The third-order valence-corrected chi connectivity index (χ3v) is 3.11. The third-order valence-electron chi connectivity index (χ3n) is 3.11. The van der Waals surface area contributed by atoms with Crippen molar-refractivity contribution < 1.29 is 0 Å². The van der Waals surface area contributed by atoms with E-state index >= 15 is 0 Å². The van der Waals surface area contributed by atoms with Gasteiger partial charge in [0.1, 0.15) is 0 Å². The molecular weight excluding hydrogens is 186 g/mol. The van der Waals surface area contributed by atoms with Crippen molar-refractivity contribution in [2.45, 2.75) is 26.8 Å². The van der Waals surface area contributed by atoms with Gasteiger partial charge in [-0.3, -0.25) is 4.90 Å². The highest BCUT2D eigenvalue weighted by Crippen LogP contribution is 2.05. The summed E-state index contributed by atoms with van der Waals surface area (Å²) in [6.07, 6.45) is 0. The third kappa shape index (κ3) is 4.96. The van der Waals surface area contributed by atoms with Gasteiger partial charge in [-0.05, 0) is 19.9 Å². The van der Waals surface area contributed by atoms with Crippen molar-refractivity contribution in [3.05, 3.63) is 0 Å². The minimum absolute atomic E-state index is 0.613. The van der Waals surface area contributed by atoms with Gasteiger partial charge in [-0.1, -0.05) is 13.8 Å². The molecule has 0 saturated carbocycles. The SMILES string of the molecule is CNC(C)CN1CCN(CC(C)C)CC1. The Bertz CT molecular complexity index is 162. The molecule has 0 bridgehead atoms. The van der Waals surface area contributed by atoms with Gasteiger partial charge in [0.2, 0.25) is 0 Å². The Balaban J connectivity index is 2.18. The maximum absolute atomic E-state index is 3.30. The zero-order chi connectivity index (χ0) is 11.3. The van der Waals surface area contributed by atoms with Crippen LogP contribution in [0.3, 0.4) is 0 Å². The van der Waals surface area contributed by atoms with E-state index in [0.717, 1.165) is 5.92 Å². The lowest BCUT2D eigenvalue weighted by atomic mass is 10.2. The molecule has 1 heterocycles. The van der Waals surface area contributed by atoms with E-state index in [-0.39, 0.29) is 0 Å². The van der Waals surface area contributed by atoms with Gasteiger partial charge in [-0.25, -0.2) is 0 Å². The van der Waals surface area contributed by atoms with Gasteiger partial charge in [0.25, 0.3) is 0 Å². The maximum Gasteiger partial charge on any atom is 0.0163 e. The van der Waals surface area contributed by atoms with Gasteiger partial charge in [-0.15, -0.1) is 0 Å². The van der Waals surface area contributed by atoms with Crippen LogP contribution in [0.5, 0.6) is 0 Å². The summed E-state index contributed by atoms with van der Waals surface area (Å²) >= 11 is 0. The summed E-state index contributed by atoms with van der Waals surface area (Å²) in [5.41, 5.74) is 0. The number of rotatable bonds is 5. The summed E-state index contributed by atoms with van der Waals surface area (Å²) in [6.45, 7) is 14.3. The molecular formula is C12H27N3. The molecule has 1 atom stereocenters. The molecule has 90 valence electrons. The molecule has 1 aliphatic heterocycles. The van der Waals surface area contributed by atoms with Crippen LogP contribution in [0.2, 0.25) is 0 Å². The van der Waals surface area contributed by atoms with E-state index in [1.165, 1.54) is 39.3 Å². The fourth-order valence-electron chi connectivity index (χ4n) is 2.15. The maximum atomic E-state index is 3.30. The first-order valence-corrected chi connectivity index (χ1v) is 6.23. The van der Waals surface area contributed by atoms with Crippen LogP contribution >= 0.6 is 0 Å². The largest absolute Gasteiger partial charge is 0.316 e. The second-order valence-electron chi connectivity index (χ2n) is 5.18. The van der Waals surface area contributed by atoms with Crippen molar-refractivity contribution in [3.63, 3.8) is 0 Å². The van der Waals surface area contributed by atoms with Crippen LogP contribution in [0, 0.1) is 5.92 Å². The van der Waals surface area contributed by atoms with Crippen molar-refractivity contribution >= 4 is 0 Å². The van der Waals surface area contributed by atoms with Crippen LogP contribution in [-0.4, -0.2) is 62.2 Å². The first kappa shape index (κ1) is 12.9. The van der Waals surface area contributed by atoms with Crippen LogP contribution in [-0.2, 0) is 0 Å². The highest BCUT2D eigenvalue weighted by molar-refractivity contribution is 4.75. The molecule has 0 radical (unpaired) electrons. The van der Waals surface area contributed by atoms with E-state index in [4.69, 9.17) is 0 Å². The molecule has 1 N–H and O–H groups in total. The molecule has 0 spiro atoms. The minimum atomic E-state index is 0.613. The van der Waals surface area contributed by atoms with E-state index in [9.17, 15) is 0 Å². The number of nitrogens with one attached hydrogen (secondary N) is 1. The molecule has 1 unspecified atom stereocenters. The first-order chi connectivity index (χ1) is 7.11. The Labute approximate surface area is 94.8 Å². The molecule has 0 aromatic carbocycles. The Kier molecular flexibility index (Phi) is 5.58. The zero-order valence-electron chi connectivity index (χ0n) is 10.8. The zero-order valence-corrected chi connectivity index (χ0v) is 10.8. The van der Waals surface area contributed by atoms with Gasteiger partial charge in [0, 0.05) is 45.3 Å². The molecule has 3 nitrogen and oxygen atoms in total. The quantitative estimate of drug-likeness (QED) is 0.731.